The summed E-state index contributed by atoms with van der Waals surface area (Å²) >= 11 is 0. The van der Waals surface area contributed by atoms with E-state index in [4.69, 9.17) is 0 Å². The lowest BCUT2D eigenvalue weighted by atomic mass is 10.1. The third-order valence-electron chi connectivity index (χ3n) is 3.04. The van der Waals surface area contributed by atoms with Gasteiger partial charge in [-0.05, 0) is 30.2 Å². The Hall–Kier alpha value is -2.23. The van der Waals surface area contributed by atoms with Crippen LogP contribution in [0.15, 0.2) is 42.0 Å². The molecule has 0 atom stereocenters. The van der Waals surface area contributed by atoms with Crippen LogP contribution in [-0.4, -0.2) is 24.0 Å². The van der Waals surface area contributed by atoms with Gasteiger partial charge >= 0.3 is 0 Å². The Balaban J connectivity index is 1.98. The zero-order valence-electron chi connectivity index (χ0n) is 10.2. The van der Waals surface area contributed by atoms with Crippen LogP contribution in [0.5, 0.6) is 0 Å². The van der Waals surface area contributed by atoms with E-state index < -0.39 is 0 Å². The maximum absolute atomic E-state index is 4.34. The van der Waals surface area contributed by atoms with Crippen LogP contribution in [0.3, 0.4) is 0 Å². The van der Waals surface area contributed by atoms with E-state index in [1.165, 1.54) is 16.5 Å². The molecule has 4 heteroatoms. The smallest absolute Gasteiger partial charge is 0.195 e. The number of allylic oxidation sites excluding steroid dienone is 1. The number of aromatic amines is 1. The summed E-state index contributed by atoms with van der Waals surface area (Å²) < 4.78 is 0. The Kier molecular flexibility index (Phi) is 2.76. The number of rotatable bonds is 3. The quantitative estimate of drug-likeness (QED) is 0.721. The van der Waals surface area contributed by atoms with E-state index in [2.05, 4.69) is 45.4 Å². The average Bonchev–Trinajstić information content (AvgIpc) is 3.00. The van der Waals surface area contributed by atoms with Gasteiger partial charge in [0.15, 0.2) is 5.96 Å². The number of benzene rings is 1. The van der Waals surface area contributed by atoms with Crippen LogP contribution in [0.25, 0.3) is 10.9 Å². The van der Waals surface area contributed by atoms with Crippen molar-refractivity contribution in [2.75, 3.05) is 18.4 Å². The number of nitrogens with zero attached hydrogens (tertiary/aromatic N) is 1. The van der Waals surface area contributed by atoms with Gasteiger partial charge in [-0.3, -0.25) is 4.99 Å². The molecule has 92 valence electrons. The van der Waals surface area contributed by atoms with Gasteiger partial charge in [-0.1, -0.05) is 6.08 Å². The predicted molar refractivity (Wildman–Crippen MR) is 76.1 cm³/mol. The Bertz CT molecular complexity index is 609. The molecule has 1 aromatic carbocycles. The lowest BCUT2D eigenvalue weighted by Crippen LogP contribution is -2.26. The lowest BCUT2D eigenvalue weighted by molar-refractivity contribution is 0.959. The first-order chi connectivity index (χ1) is 8.86. The second kappa shape index (κ2) is 4.56. The van der Waals surface area contributed by atoms with Crippen molar-refractivity contribution in [2.24, 2.45) is 4.99 Å². The number of hydrogen-bond donors (Lipinski definition) is 3. The first kappa shape index (κ1) is 10.9. The summed E-state index contributed by atoms with van der Waals surface area (Å²) in [6, 6.07) is 6.35. The van der Waals surface area contributed by atoms with Crippen LogP contribution in [-0.2, 0) is 6.42 Å². The van der Waals surface area contributed by atoms with Crippen LogP contribution in [0.2, 0.25) is 0 Å². The fourth-order valence-electron chi connectivity index (χ4n) is 2.26. The Morgan fingerprint density at radius 2 is 2.39 bits per heavy atom. The van der Waals surface area contributed by atoms with E-state index in [-0.39, 0.29) is 0 Å². The molecule has 3 rings (SSSR count). The molecule has 1 aliphatic rings. The normalized spacial score (nSPS) is 14.3. The fourth-order valence-corrected chi connectivity index (χ4v) is 2.26. The molecule has 2 heterocycles. The molecule has 0 saturated carbocycles. The average molecular weight is 240 g/mol. The molecule has 0 fully saturated rings. The fraction of sp³-hybridized carbons (Fsp3) is 0.214. The number of aromatic nitrogens is 1. The summed E-state index contributed by atoms with van der Waals surface area (Å²) in [6.45, 7) is 5.56. The zero-order valence-corrected chi connectivity index (χ0v) is 10.2. The Labute approximate surface area is 106 Å². The van der Waals surface area contributed by atoms with Gasteiger partial charge in [-0.15, -0.1) is 6.58 Å². The molecule has 0 radical (unpaired) electrons. The van der Waals surface area contributed by atoms with Gasteiger partial charge < -0.3 is 15.6 Å². The summed E-state index contributed by atoms with van der Waals surface area (Å²) in [6.07, 6.45) is 4.74. The van der Waals surface area contributed by atoms with Crippen molar-refractivity contribution in [2.45, 2.75) is 6.42 Å². The molecule has 1 aliphatic heterocycles. The first-order valence-corrected chi connectivity index (χ1v) is 6.13. The van der Waals surface area contributed by atoms with Crippen molar-refractivity contribution in [3.63, 3.8) is 0 Å². The molecule has 0 unspecified atom stereocenters. The third kappa shape index (κ3) is 1.97. The van der Waals surface area contributed by atoms with Crippen molar-refractivity contribution in [1.29, 1.82) is 0 Å². The number of anilines is 1. The van der Waals surface area contributed by atoms with Crippen LogP contribution in [0.4, 0.5) is 5.69 Å². The Morgan fingerprint density at radius 1 is 1.44 bits per heavy atom. The Morgan fingerprint density at radius 3 is 3.17 bits per heavy atom. The van der Waals surface area contributed by atoms with E-state index in [0.29, 0.717) is 0 Å². The lowest BCUT2D eigenvalue weighted by Gasteiger charge is -2.09. The topological polar surface area (TPSA) is 52.2 Å². The summed E-state index contributed by atoms with van der Waals surface area (Å²) in [7, 11) is 0. The summed E-state index contributed by atoms with van der Waals surface area (Å²) in [5.74, 6) is 0.856. The second-order valence-corrected chi connectivity index (χ2v) is 4.35. The zero-order chi connectivity index (χ0) is 12.4. The van der Waals surface area contributed by atoms with Gasteiger partial charge in [-0.25, -0.2) is 0 Å². The predicted octanol–water partition coefficient (Wildman–Crippen LogP) is 2.27. The SMILES string of the molecule is C=CCc1cc(NC2=NCCN2)cc2cc[nH]c12. The van der Waals surface area contributed by atoms with E-state index >= 15 is 0 Å². The highest BCUT2D eigenvalue weighted by Gasteiger charge is 2.08. The molecule has 0 bridgehead atoms. The highest BCUT2D eigenvalue weighted by Crippen LogP contribution is 2.23. The number of guanidine groups is 1. The van der Waals surface area contributed by atoms with Gasteiger partial charge in [-0.2, -0.15) is 0 Å². The molecule has 0 spiro atoms. The van der Waals surface area contributed by atoms with Crippen molar-refractivity contribution >= 4 is 22.5 Å². The molecule has 3 N–H and O–H groups in total. The monoisotopic (exact) mass is 240 g/mol. The van der Waals surface area contributed by atoms with E-state index in [1.807, 2.05) is 12.3 Å². The number of hydrogen-bond acceptors (Lipinski definition) is 3. The first-order valence-electron chi connectivity index (χ1n) is 6.13. The largest absolute Gasteiger partial charge is 0.361 e. The highest BCUT2D eigenvalue weighted by molar-refractivity contribution is 5.97. The van der Waals surface area contributed by atoms with Crippen LogP contribution < -0.4 is 10.6 Å². The van der Waals surface area contributed by atoms with Crippen LogP contribution in [0, 0.1) is 0 Å². The molecular weight excluding hydrogens is 224 g/mol. The van der Waals surface area contributed by atoms with E-state index in [9.17, 15) is 0 Å². The second-order valence-electron chi connectivity index (χ2n) is 4.35. The molecular formula is C14H16N4. The van der Waals surface area contributed by atoms with Crippen molar-refractivity contribution < 1.29 is 0 Å². The third-order valence-corrected chi connectivity index (χ3v) is 3.04. The van der Waals surface area contributed by atoms with Gasteiger partial charge in [0.05, 0.1) is 6.54 Å². The molecule has 4 nitrogen and oxygen atoms in total. The van der Waals surface area contributed by atoms with Crippen LogP contribution in [0.1, 0.15) is 5.56 Å². The summed E-state index contributed by atoms with van der Waals surface area (Å²) in [5.41, 5.74) is 3.49. The van der Waals surface area contributed by atoms with Gasteiger partial charge in [0, 0.05) is 29.3 Å². The molecule has 0 amide bonds. The van der Waals surface area contributed by atoms with Gasteiger partial charge in [0.2, 0.25) is 0 Å². The minimum Gasteiger partial charge on any atom is -0.361 e. The number of fused-ring (bicyclic) bond motifs is 1. The van der Waals surface area contributed by atoms with Crippen LogP contribution >= 0.6 is 0 Å². The molecule has 0 saturated heterocycles. The highest BCUT2D eigenvalue weighted by atomic mass is 15.2. The minimum absolute atomic E-state index is 0.842. The number of aliphatic imine (C=N–C) groups is 1. The van der Waals surface area contributed by atoms with E-state index in [0.717, 1.165) is 31.2 Å². The van der Waals surface area contributed by atoms with Crippen molar-refractivity contribution in [3.05, 3.63) is 42.6 Å². The van der Waals surface area contributed by atoms with E-state index in [1.54, 1.807) is 0 Å². The molecule has 2 aromatic rings. The number of H-pyrrole nitrogens is 1. The summed E-state index contributed by atoms with van der Waals surface area (Å²) in [4.78, 5) is 7.61. The molecule has 0 aliphatic carbocycles. The van der Waals surface area contributed by atoms with Crippen molar-refractivity contribution in [3.8, 4) is 0 Å². The molecule has 18 heavy (non-hydrogen) atoms. The van der Waals surface area contributed by atoms with Gasteiger partial charge in [0.25, 0.3) is 0 Å². The minimum atomic E-state index is 0.842. The molecule has 1 aromatic heterocycles. The maximum Gasteiger partial charge on any atom is 0.195 e. The van der Waals surface area contributed by atoms with Crippen molar-refractivity contribution in [1.82, 2.24) is 10.3 Å². The maximum atomic E-state index is 4.34. The summed E-state index contributed by atoms with van der Waals surface area (Å²) in [5, 5.41) is 7.73. The van der Waals surface area contributed by atoms with Gasteiger partial charge in [0.1, 0.15) is 0 Å². The standard InChI is InChI=1S/C14H16N4/c1-2-3-10-8-12(18-14-16-6-7-17-14)9-11-4-5-15-13(10)11/h2,4-5,8-9,15H,1,3,6-7H2,(H2,16,17,18). The number of nitrogens with one attached hydrogen (secondary N) is 3.